The normalized spacial score (nSPS) is 18.9. The van der Waals surface area contributed by atoms with E-state index in [1.54, 1.807) is 0 Å². The molecule has 0 bridgehead atoms. The van der Waals surface area contributed by atoms with Gasteiger partial charge in [-0.1, -0.05) is 0 Å². The average Bonchev–Trinajstić information content (AvgIpc) is 2.44. The van der Waals surface area contributed by atoms with Crippen LogP contribution in [-0.2, 0) is 4.74 Å². The maximum Gasteiger partial charge on any atom is 0.407 e. The first-order chi connectivity index (χ1) is 10.3. The third-order valence-corrected chi connectivity index (χ3v) is 3.70. The molecule has 1 aromatic rings. The molecule has 122 valence electrons. The van der Waals surface area contributed by atoms with E-state index in [0.717, 1.165) is 18.8 Å². The molecule has 0 aromatic carbocycles. The lowest BCUT2D eigenvalue weighted by Crippen LogP contribution is -2.48. The van der Waals surface area contributed by atoms with Gasteiger partial charge in [0.2, 0.25) is 0 Å². The SMILES string of the molecule is Cc1ccnc(N2CCCC[C@@H]2CNC(=O)OC(C)(C)C)c1. The summed E-state index contributed by atoms with van der Waals surface area (Å²) in [4.78, 5) is 18.6. The number of nitrogens with zero attached hydrogens (tertiary/aromatic N) is 2. The second-order valence-corrected chi connectivity index (χ2v) is 6.92. The van der Waals surface area contributed by atoms with E-state index in [1.165, 1.54) is 18.4 Å². The molecule has 5 heteroatoms. The van der Waals surface area contributed by atoms with Gasteiger partial charge >= 0.3 is 6.09 Å². The molecule has 1 N–H and O–H groups in total. The topological polar surface area (TPSA) is 54.5 Å². The van der Waals surface area contributed by atoms with Gasteiger partial charge in [-0.25, -0.2) is 9.78 Å². The van der Waals surface area contributed by atoms with Crippen molar-refractivity contribution in [3.8, 4) is 0 Å². The number of aryl methyl sites for hydroxylation is 1. The predicted octanol–water partition coefficient (Wildman–Crippen LogP) is 3.27. The first kappa shape index (κ1) is 16.6. The molecule has 0 spiro atoms. The molecule has 1 aromatic heterocycles. The van der Waals surface area contributed by atoms with Crippen LogP contribution in [0.1, 0.15) is 45.6 Å². The summed E-state index contributed by atoms with van der Waals surface area (Å²) in [6, 6.07) is 4.38. The second kappa shape index (κ2) is 6.99. The van der Waals surface area contributed by atoms with Crippen LogP contribution >= 0.6 is 0 Å². The smallest absolute Gasteiger partial charge is 0.407 e. The van der Waals surface area contributed by atoms with E-state index in [0.29, 0.717) is 6.54 Å². The Kier molecular flexibility index (Phi) is 5.27. The molecule has 0 unspecified atom stereocenters. The Balaban J connectivity index is 1.97. The monoisotopic (exact) mass is 305 g/mol. The summed E-state index contributed by atoms with van der Waals surface area (Å²) < 4.78 is 5.30. The van der Waals surface area contributed by atoms with Crippen molar-refractivity contribution in [3.05, 3.63) is 23.9 Å². The predicted molar refractivity (Wildman–Crippen MR) is 88.2 cm³/mol. The van der Waals surface area contributed by atoms with Crippen molar-refractivity contribution in [3.63, 3.8) is 0 Å². The second-order valence-electron chi connectivity index (χ2n) is 6.92. The van der Waals surface area contributed by atoms with Crippen molar-refractivity contribution < 1.29 is 9.53 Å². The number of hydrogen-bond donors (Lipinski definition) is 1. The minimum Gasteiger partial charge on any atom is -0.444 e. The van der Waals surface area contributed by atoms with Crippen LogP contribution in [0.2, 0.25) is 0 Å². The lowest BCUT2D eigenvalue weighted by molar-refractivity contribution is 0.0523. The molecule has 0 radical (unpaired) electrons. The van der Waals surface area contributed by atoms with Crippen molar-refractivity contribution in [2.45, 2.75) is 58.6 Å². The number of carbonyl (C=O) groups excluding carboxylic acids is 1. The first-order valence-electron chi connectivity index (χ1n) is 8.01. The van der Waals surface area contributed by atoms with Crippen LogP contribution in [0.25, 0.3) is 0 Å². The zero-order chi connectivity index (χ0) is 16.2. The highest BCUT2D eigenvalue weighted by molar-refractivity contribution is 5.67. The molecule has 0 saturated carbocycles. The lowest BCUT2D eigenvalue weighted by atomic mass is 10.0. The van der Waals surface area contributed by atoms with Crippen molar-refractivity contribution in [1.82, 2.24) is 10.3 Å². The van der Waals surface area contributed by atoms with Gasteiger partial charge in [-0.2, -0.15) is 0 Å². The largest absolute Gasteiger partial charge is 0.444 e. The van der Waals surface area contributed by atoms with Gasteiger partial charge in [-0.15, -0.1) is 0 Å². The van der Waals surface area contributed by atoms with Crippen LogP contribution in [0.3, 0.4) is 0 Å². The van der Waals surface area contributed by atoms with Crippen LogP contribution in [-0.4, -0.2) is 35.8 Å². The molecule has 1 aliphatic rings. The Hall–Kier alpha value is -1.78. The molecule has 0 aliphatic carbocycles. The fraction of sp³-hybridized carbons (Fsp3) is 0.647. The van der Waals surface area contributed by atoms with Crippen LogP contribution in [0.15, 0.2) is 18.3 Å². The molecule has 22 heavy (non-hydrogen) atoms. The van der Waals surface area contributed by atoms with E-state index in [-0.39, 0.29) is 12.1 Å². The summed E-state index contributed by atoms with van der Waals surface area (Å²) in [5.41, 5.74) is 0.739. The highest BCUT2D eigenvalue weighted by atomic mass is 16.6. The third-order valence-electron chi connectivity index (χ3n) is 3.70. The summed E-state index contributed by atoms with van der Waals surface area (Å²) in [7, 11) is 0. The third kappa shape index (κ3) is 4.90. The highest BCUT2D eigenvalue weighted by Gasteiger charge is 2.25. The number of carbonyl (C=O) groups is 1. The number of alkyl carbamates (subject to hydrolysis) is 1. The van der Waals surface area contributed by atoms with Crippen molar-refractivity contribution in [2.24, 2.45) is 0 Å². The van der Waals surface area contributed by atoms with Crippen LogP contribution < -0.4 is 10.2 Å². The van der Waals surface area contributed by atoms with Gasteiger partial charge in [0.25, 0.3) is 0 Å². The van der Waals surface area contributed by atoms with E-state index in [4.69, 9.17) is 4.74 Å². The lowest BCUT2D eigenvalue weighted by Gasteiger charge is -2.37. The van der Waals surface area contributed by atoms with Crippen molar-refractivity contribution in [2.75, 3.05) is 18.0 Å². The Morgan fingerprint density at radius 2 is 2.23 bits per heavy atom. The highest BCUT2D eigenvalue weighted by Crippen LogP contribution is 2.23. The summed E-state index contributed by atoms with van der Waals surface area (Å²) >= 11 is 0. The maximum absolute atomic E-state index is 11.8. The van der Waals surface area contributed by atoms with E-state index >= 15 is 0 Å². The standard InChI is InChI=1S/C17H27N3O2/c1-13-8-9-18-15(11-13)20-10-6-5-7-14(20)12-19-16(21)22-17(2,3)4/h8-9,11,14H,5-7,10,12H2,1-4H3,(H,19,21)/t14-/m1/s1. The van der Waals surface area contributed by atoms with E-state index < -0.39 is 5.60 Å². The number of nitrogens with one attached hydrogen (secondary N) is 1. The molecule has 5 nitrogen and oxygen atoms in total. The van der Waals surface area contributed by atoms with E-state index in [2.05, 4.69) is 28.2 Å². The van der Waals surface area contributed by atoms with Gasteiger partial charge in [0.15, 0.2) is 0 Å². The van der Waals surface area contributed by atoms with Gasteiger partial charge in [-0.3, -0.25) is 0 Å². The minimum absolute atomic E-state index is 0.274. The average molecular weight is 305 g/mol. The Labute approximate surface area is 133 Å². The fourth-order valence-electron chi connectivity index (χ4n) is 2.71. The number of anilines is 1. The Morgan fingerprint density at radius 3 is 2.91 bits per heavy atom. The van der Waals surface area contributed by atoms with Crippen LogP contribution in [0, 0.1) is 6.92 Å². The number of pyridine rings is 1. The fourth-order valence-corrected chi connectivity index (χ4v) is 2.71. The molecule has 1 aliphatic heterocycles. The molecule has 2 heterocycles. The molecular formula is C17H27N3O2. The van der Waals surface area contributed by atoms with E-state index in [1.807, 2.05) is 33.0 Å². The summed E-state index contributed by atoms with van der Waals surface area (Å²) in [6.45, 7) is 9.26. The zero-order valence-corrected chi connectivity index (χ0v) is 14.1. The van der Waals surface area contributed by atoms with Gasteiger partial charge in [0, 0.05) is 25.3 Å². The number of piperidine rings is 1. The summed E-state index contributed by atoms with van der Waals surface area (Å²) in [5, 5.41) is 2.89. The Bertz CT molecular complexity index is 511. The first-order valence-corrected chi connectivity index (χ1v) is 8.01. The van der Waals surface area contributed by atoms with Crippen LogP contribution in [0.4, 0.5) is 10.6 Å². The number of hydrogen-bond acceptors (Lipinski definition) is 4. The van der Waals surface area contributed by atoms with Gasteiger partial charge in [-0.05, 0) is 64.7 Å². The minimum atomic E-state index is -0.464. The summed E-state index contributed by atoms with van der Waals surface area (Å²) in [6.07, 6.45) is 4.90. The maximum atomic E-state index is 11.8. The van der Waals surface area contributed by atoms with E-state index in [9.17, 15) is 4.79 Å². The molecule has 1 atom stereocenters. The molecule has 1 fully saturated rings. The van der Waals surface area contributed by atoms with Crippen LogP contribution in [0.5, 0.6) is 0 Å². The number of amides is 1. The quantitative estimate of drug-likeness (QED) is 0.931. The molecule has 2 rings (SSSR count). The zero-order valence-electron chi connectivity index (χ0n) is 14.1. The van der Waals surface area contributed by atoms with Gasteiger partial charge < -0.3 is 15.0 Å². The van der Waals surface area contributed by atoms with Gasteiger partial charge in [0.1, 0.15) is 11.4 Å². The summed E-state index contributed by atoms with van der Waals surface area (Å²) in [5.74, 6) is 0.996. The number of rotatable bonds is 3. The van der Waals surface area contributed by atoms with Crippen molar-refractivity contribution in [1.29, 1.82) is 0 Å². The Morgan fingerprint density at radius 1 is 1.45 bits per heavy atom. The molecule has 1 saturated heterocycles. The van der Waals surface area contributed by atoms with Crippen molar-refractivity contribution >= 4 is 11.9 Å². The number of aromatic nitrogens is 1. The van der Waals surface area contributed by atoms with Gasteiger partial charge in [0.05, 0.1) is 0 Å². The number of ether oxygens (including phenoxy) is 1. The molecule has 1 amide bonds. The molecular weight excluding hydrogens is 278 g/mol.